The third-order valence-electron chi connectivity index (χ3n) is 15.3. The van der Waals surface area contributed by atoms with Gasteiger partial charge in [0.2, 0.25) is 11.4 Å². The molecule has 358 valence electrons. The van der Waals surface area contributed by atoms with Crippen LogP contribution in [0.4, 0.5) is 22.7 Å². The smallest absolute Gasteiger partial charge is 0.225 e. The van der Waals surface area contributed by atoms with E-state index in [0.29, 0.717) is 21.0 Å². The maximum absolute atomic E-state index is 7.32. The SMILES string of the molecule is CC(C)c1cccc(C(C)C)c1-c1cc(Oc2ccc3c4ccccc4n(-c4cc(C(C)(C)C)ccn4)c3c2)cc([N+]23[CH-][N@+]2(c2cc(-c4ccccc4)cc(C(C)(C)C)c2)c2ccc(C(C)(C)C)cc23)c1. The summed E-state index contributed by atoms with van der Waals surface area (Å²) in [6.45, 7) is 32.5. The number of rotatable bonds is 9. The van der Waals surface area contributed by atoms with Crippen LogP contribution < -0.4 is 13.9 Å². The van der Waals surface area contributed by atoms with Crippen molar-refractivity contribution in [3.05, 3.63) is 198 Å². The molecule has 1 fully saturated rings. The van der Waals surface area contributed by atoms with E-state index in [0.717, 1.165) is 33.7 Å². The first-order valence-electron chi connectivity index (χ1n) is 25.7. The summed E-state index contributed by atoms with van der Waals surface area (Å²) in [4.78, 5) is 4.99. The fourth-order valence-corrected chi connectivity index (χ4v) is 11.3. The lowest BCUT2D eigenvalue weighted by molar-refractivity contribution is 0.421. The van der Waals surface area contributed by atoms with Crippen LogP contribution in [0.5, 0.6) is 11.5 Å². The average molecular weight is 934 g/mol. The molecule has 2 aliphatic rings. The van der Waals surface area contributed by atoms with Gasteiger partial charge < -0.3 is 4.74 Å². The highest BCUT2D eigenvalue weighted by Crippen LogP contribution is 2.76. The van der Waals surface area contributed by atoms with Gasteiger partial charge in [-0.2, -0.15) is 9.18 Å². The van der Waals surface area contributed by atoms with Crippen molar-refractivity contribution >= 4 is 44.6 Å². The van der Waals surface area contributed by atoms with Crippen LogP contribution in [-0.2, 0) is 16.2 Å². The van der Waals surface area contributed by atoms with Gasteiger partial charge in [-0.1, -0.05) is 169 Å². The fraction of sp³-hybridized carbons (Fsp3) is 0.273. The Morgan fingerprint density at radius 2 is 1.08 bits per heavy atom. The molecule has 7 aromatic carbocycles. The molecule has 0 aliphatic carbocycles. The van der Waals surface area contributed by atoms with Crippen molar-refractivity contribution in [2.45, 2.75) is 118 Å². The molecular formula is C66H69N4O+. The minimum Gasteiger partial charge on any atom is -0.457 e. The summed E-state index contributed by atoms with van der Waals surface area (Å²) in [6, 6.07) is 59.0. The van der Waals surface area contributed by atoms with E-state index in [9.17, 15) is 0 Å². The van der Waals surface area contributed by atoms with Crippen LogP contribution in [0.2, 0.25) is 0 Å². The van der Waals surface area contributed by atoms with E-state index in [1.54, 1.807) is 0 Å². The maximum Gasteiger partial charge on any atom is 0.225 e. The lowest BCUT2D eigenvalue weighted by Crippen LogP contribution is -2.47. The third kappa shape index (κ3) is 7.54. The molecule has 0 N–H and O–H groups in total. The van der Waals surface area contributed by atoms with Crippen molar-refractivity contribution in [3.63, 3.8) is 0 Å². The summed E-state index contributed by atoms with van der Waals surface area (Å²) in [5, 5.41) is 2.35. The van der Waals surface area contributed by atoms with Crippen molar-refractivity contribution in [3.8, 4) is 39.6 Å². The van der Waals surface area contributed by atoms with Crippen molar-refractivity contribution in [2.24, 2.45) is 0 Å². The number of hydrogen-bond acceptors (Lipinski definition) is 2. The van der Waals surface area contributed by atoms with E-state index in [-0.39, 0.29) is 16.2 Å². The molecule has 5 heteroatoms. The topological polar surface area (TPSA) is 27.1 Å². The minimum atomic E-state index is -0.0691. The Hall–Kier alpha value is -6.79. The van der Waals surface area contributed by atoms with Crippen LogP contribution in [0.25, 0.3) is 49.9 Å². The largest absolute Gasteiger partial charge is 0.457 e. The average Bonchev–Trinajstić information content (AvgIpc) is 3.83. The van der Waals surface area contributed by atoms with Gasteiger partial charge in [0.1, 0.15) is 17.3 Å². The van der Waals surface area contributed by atoms with E-state index in [1.165, 1.54) is 78.2 Å². The van der Waals surface area contributed by atoms with Gasteiger partial charge in [0.05, 0.1) is 11.0 Å². The van der Waals surface area contributed by atoms with Gasteiger partial charge in [-0.3, -0.25) is 4.57 Å². The van der Waals surface area contributed by atoms with Gasteiger partial charge in [-0.25, -0.2) is 4.98 Å². The van der Waals surface area contributed by atoms with Crippen LogP contribution in [0.1, 0.15) is 130 Å². The zero-order valence-electron chi connectivity index (χ0n) is 44.0. The highest BCUT2D eigenvalue weighted by molar-refractivity contribution is 6.09. The standard InChI is InChI=1S/C66H69N4O/c1-42(2)54-23-19-24-55(43(3)4)63(54)46-34-51(39-53(35-46)71-52-27-28-57-56-22-17-18-25-58(56)68(59(57)40-52)62-38-48(30-31-67-62)65(8,9)10)70-41-69(70,60-29-26-47(37-61(60)70)64(5,6)7)50-33-45(44-20-15-14-16-21-44)32-49(36-50)66(11,12)13/h14-43H,1-13H3/q+1/t69-,70?/m0/s1. The molecule has 0 spiro atoms. The predicted molar refractivity (Wildman–Crippen MR) is 300 cm³/mol. The molecule has 0 saturated carbocycles. The number of quaternary nitrogens is 2. The zero-order valence-corrected chi connectivity index (χ0v) is 44.0. The Bertz CT molecular complexity index is 3530. The molecule has 2 atom stereocenters. The van der Waals surface area contributed by atoms with Crippen molar-refractivity contribution < 1.29 is 4.74 Å². The number of pyridine rings is 1. The number of ether oxygens (including phenoxy) is 1. The summed E-state index contributed by atoms with van der Waals surface area (Å²) in [5.41, 5.74) is 18.6. The van der Waals surface area contributed by atoms with Crippen LogP contribution in [0.3, 0.4) is 0 Å². The maximum atomic E-state index is 7.32. The zero-order chi connectivity index (χ0) is 50.0. The molecule has 71 heavy (non-hydrogen) atoms. The Kier molecular flexibility index (Phi) is 10.7. The molecule has 0 bridgehead atoms. The Balaban J connectivity index is 1.15. The second-order valence-corrected chi connectivity index (χ2v) is 23.9. The third-order valence-corrected chi connectivity index (χ3v) is 15.3. The first-order chi connectivity index (χ1) is 33.7. The first kappa shape index (κ1) is 46.6. The summed E-state index contributed by atoms with van der Waals surface area (Å²) >= 11 is 0. The van der Waals surface area contributed by atoms with Crippen LogP contribution in [0.15, 0.2) is 164 Å². The molecule has 2 aromatic heterocycles. The molecule has 1 unspecified atom stereocenters. The predicted octanol–water partition coefficient (Wildman–Crippen LogP) is 18.8. The number of para-hydroxylation sites is 1. The highest BCUT2D eigenvalue weighted by atomic mass is 16.5. The summed E-state index contributed by atoms with van der Waals surface area (Å²) in [7, 11) is 0. The quantitative estimate of drug-likeness (QED) is 0.0819. The van der Waals surface area contributed by atoms with E-state index >= 15 is 0 Å². The van der Waals surface area contributed by atoms with Gasteiger partial charge in [-0.05, 0) is 115 Å². The van der Waals surface area contributed by atoms with Crippen LogP contribution in [0, 0.1) is 6.67 Å². The molecule has 0 amide bonds. The number of hydrogen-bond donors (Lipinski definition) is 0. The lowest BCUT2D eigenvalue weighted by atomic mass is 9.84. The van der Waals surface area contributed by atoms with Crippen molar-refractivity contribution in [2.75, 3.05) is 0 Å². The monoisotopic (exact) mass is 934 g/mol. The van der Waals surface area contributed by atoms with Crippen LogP contribution in [-0.4, -0.2) is 9.55 Å². The van der Waals surface area contributed by atoms with E-state index < -0.39 is 0 Å². The van der Waals surface area contributed by atoms with E-state index in [2.05, 4.69) is 259 Å². The molecule has 5 nitrogen and oxygen atoms in total. The Morgan fingerprint density at radius 3 is 1.77 bits per heavy atom. The van der Waals surface area contributed by atoms with E-state index in [4.69, 9.17) is 9.72 Å². The number of fused-ring (bicyclic) bond motifs is 7. The second-order valence-electron chi connectivity index (χ2n) is 23.9. The van der Waals surface area contributed by atoms with Gasteiger partial charge >= 0.3 is 0 Å². The summed E-state index contributed by atoms with van der Waals surface area (Å²) in [5.74, 6) is 3.11. The Morgan fingerprint density at radius 1 is 0.465 bits per heavy atom. The van der Waals surface area contributed by atoms with E-state index in [1.807, 2.05) is 6.20 Å². The normalized spacial score (nSPS) is 17.7. The molecule has 1 saturated heterocycles. The molecule has 2 aliphatic heterocycles. The minimum absolute atomic E-state index is 0.0286. The van der Waals surface area contributed by atoms with Gasteiger partial charge in [0.15, 0.2) is 18.0 Å². The first-order valence-corrected chi connectivity index (χ1v) is 25.7. The highest BCUT2D eigenvalue weighted by Gasteiger charge is 2.78. The molecule has 0 radical (unpaired) electrons. The molecule has 4 heterocycles. The number of nitrogens with zero attached hydrogens (tertiary/aromatic N) is 4. The van der Waals surface area contributed by atoms with Gasteiger partial charge in [0, 0.05) is 59.4 Å². The second kappa shape index (κ2) is 16.4. The Labute approximate surface area is 422 Å². The molecule has 9 aromatic rings. The number of aromatic nitrogens is 2. The fourth-order valence-electron chi connectivity index (χ4n) is 11.3. The van der Waals surface area contributed by atoms with Gasteiger partial charge in [0.25, 0.3) is 0 Å². The van der Waals surface area contributed by atoms with Crippen molar-refractivity contribution in [1.82, 2.24) is 18.7 Å². The summed E-state index contributed by atoms with van der Waals surface area (Å²) < 4.78 is 10.8. The van der Waals surface area contributed by atoms with Crippen molar-refractivity contribution in [1.29, 1.82) is 0 Å². The van der Waals surface area contributed by atoms with Crippen LogP contribution >= 0.6 is 0 Å². The number of benzene rings is 7. The lowest BCUT2D eigenvalue weighted by Gasteiger charge is -2.41. The van der Waals surface area contributed by atoms with Gasteiger partial charge in [-0.15, -0.1) is 0 Å². The molecular weight excluding hydrogens is 865 g/mol. The molecule has 11 rings (SSSR count). The summed E-state index contributed by atoms with van der Waals surface area (Å²) in [6.07, 6.45) is 1.94.